The number of rotatable bonds is 9. The number of aryl methyl sites for hydroxylation is 1. The van der Waals surface area contributed by atoms with Crippen LogP contribution in [0.1, 0.15) is 31.2 Å². The van der Waals surface area contributed by atoms with E-state index >= 15 is 0 Å². The number of nitrogens with zero attached hydrogens (tertiary/aromatic N) is 8. The van der Waals surface area contributed by atoms with Gasteiger partial charge in [0.25, 0.3) is 6.43 Å². The van der Waals surface area contributed by atoms with E-state index in [1.807, 2.05) is 0 Å². The Kier molecular flexibility index (Phi) is 9.79. The third kappa shape index (κ3) is 7.58. The standard InChI is InChI=1S/C28H28ClF5N10O2/c1-43-14-20(29)24(42-43)23-19(28(32,33)34)12-36-25(41-23)40-17-4-6-18(7-5-17)44(27(45)39-13-21(30)31)22-8-3-15(9-35-22)16-10-37-26(46-2)38-11-16/h3,8-12,14,17-18,21H,4-7,13H2,1-2H3,(H,39,45)(H,36,40,41)/t17-,18-. The molecule has 0 aliphatic heterocycles. The van der Waals surface area contributed by atoms with E-state index in [0.717, 1.165) is 0 Å². The van der Waals surface area contributed by atoms with Gasteiger partial charge in [-0.25, -0.2) is 38.5 Å². The number of hydrogen-bond acceptors (Lipinski definition) is 9. The van der Waals surface area contributed by atoms with Gasteiger partial charge in [0.1, 0.15) is 22.8 Å². The highest BCUT2D eigenvalue weighted by molar-refractivity contribution is 6.32. The fourth-order valence-electron chi connectivity index (χ4n) is 5.10. The molecule has 1 aliphatic carbocycles. The number of anilines is 2. The number of ether oxygens (including phenoxy) is 1. The van der Waals surface area contributed by atoms with Crippen molar-refractivity contribution in [2.45, 2.75) is 50.4 Å². The molecule has 0 bridgehead atoms. The molecule has 2 amide bonds. The van der Waals surface area contributed by atoms with Gasteiger partial charge in [0.2, 0.25) is 5.95 Å². The van der Waals surface area contributed by atoms with Gasteiger partial charge < -0.3 is 15.4 Å². The topological polar surface area (TPSA) is 136 Å². The number of methoxy groups -OCH3 is 1. The molecule has 0 atom stereocenters. The lowest BCUT2D eigenvalue weighted by Gasteiger charge is -2.36. The SMILES string of the molecule is COc1ncc(-c2ccc(N(C(=O)NCC(F)F)[C@H]3CC[C@H](Nc4ncc(C(F)(F)F)c(-c5nn(C)cc5Cl)n4)CC3)nc2)cn1. The summed E-state index contributed by atoms with van der Waals surface area (Å²) in [6, 6.07) is 2.12. The molecular weight excluding hydrogens is 639 g/mol. The third-order valence-corrected chi connectivity index (χ3v) is 7.54. The van der Waals surface area contributed by atoms with Crippen molar-refractivity contribution in [1.29, 1.82) is 0 Å². The summed E-state index contributed by atoms with van der Waals surface area (Å²) in [5.41, 5.74) is -0.351. The Morgan fingerprint density at radius 3 is 2.30 bits per heavy atom. The predicted molar refractivity (Wildman–Crippen MR) is 158 cm³/mol. The van der Waals surface area contributed by atoms with Gasteiger partial charge in [-0.2, -0.15) is 18.3 Å². The molecule has 0 saturated heterocycles. The molecule has 4 aromatic rings. The molecule has 0 aromatic carbocycles. The minimum atomic E-state index is -4.74. The molecule has 4 aromatic heterocycles. The van der Waals surface area contributed by atoms with E-state index in [1.54, 1.807) is 24.5 Å². The van der Waals surface area contributed by atoms with Crippen LogP contribution in [0.5, 0.6) is 6.01 Å². The molecule has 0 spiro atoms. The highest BCUT2D eigenvalue weighted by atomic mass is 35.5. The molecule has 1 saturated carbocycles. The average molecular weight is 667 g/mol. The van der Waals surface area contributed by atoms with Gasteiger partial charge in [0, 0.05) is 61.2 Å². The molecule has 0 unspecified atom stereocenters. The number of halogens is 6. The van der Waals surface area contributed by atoms with E-state index in [2.05, 4.69) is 40.7 Å². The largest absolute Gasteiger partial charge is 0.467 e. The number of urea groups is 1. The summed E-state index contributed by atoms with van der Waals surface area (Å²) in [6.07, 6.45) is 0.982. The first kappa shape index (κ1) is 32.7. The monoisotopic (exact) mass is 666 g/mol. The fourth-order valence-corrected chi connectivity index (χ4v) is 5.37. The van der Waals surface area contributed by atoms with Crippen molar-refractivity contribution in [2.75, 3.05) is 23.9 Å². The lowest BCUT2D eigenvalue weighted by Crippen LogP contribution is -2.50. The zero-order chi connectivity index (χ0) is 33.0. The second-order valence-corrected chi connectivity index (χ2v) is 10.8. The van der Waals surface area contributed by atoms with E-state index in [0.29, 0.717) is 43.0 Å². The van der Waals surface area contributed by atoms with Crippen LogP contribution in [0.4, 0.5) is 38.5 Å². The van der Waals surface area contributed by atoms with E-state index < -0.39 is 42.5 Å². The molecule has 46 heavy (non-hydrogen) atoms. The molecule has 1 fully saturated rings. The van der Waals surface area contributed by atoms with Gasteiger partial charge in [-0.15, -0.1) is 0 Å². The number of amides is 2. The lowest BCUT2D eigenvalue weighted by molar-refractivity contribution is -0.137. The predicted octanol–water partition coefficient (Wildman–Crippen LogP) is 5.61. The van der Waals surface area contributed by atoms with Crippen LogP contribution in [0, 0.1) is 0 Å². The summed E-state index contributed by atoms with van der Waals surface area (Å²) in [7, 11) is 2.97. The summed E-state index contributed by atoms with van der Waals surface area (Å²) >= 11 is 6.13. The number of alkyl halides is 5. The number of carbonyl (C=O) groups excluding carboxylic acids is 1. The number of nitrogens with one attached hydrogen (secondary N) is 2. The zero-order valence-electron chi connectivity index (χ0n) is 24.5. The van der Waals surface area contributed by atoms with E-state index in [-0.39, 0.29) is 34.5 Å². The van der Waals surface area contributed by atoms with Crippen molar-refractivity contribution >= 4 is 29.4 Å². The van der Waals surface area contributed by atoms with Gasteiger partial charge in [-0.3, -0.25) is 9.58 Å². The smallest absolute Gasteiger partial charge is 0.420 e. The number of carbonyl (C=O) groups is 1. The number of hydrogen-bond donors (Lipinski definition) is 2. The normalized spacial score (nSPS) is 16.7. The van der Waals surface area contributed by atoms with Gasteiger partial charge >= 0.3 is 18.2 Å². The molecule has 2 N–H and O–H groups in total. The van der Waals surface area contributed by atoms with Crippen LogP contribution in [-0.4, -0.2) is 72.9 Å². The first-order valence-corrected chi connectivity index (χ1v) is 14.4. The maximum Gasteiger partial charge on any atom is 0.420 e. The summed E-state index contributed by atoms with van der Waals surface area (Å²) in [5, 5.41) is 9.36. The summed E-state index contributed by atoms with van der Waals surface area (Å²) in [4.78, 5) is 35.0. The van der Waals surface area contributed by atoms with E-state index in [4.69, 9.17) is 16.3 Å². The van der Waals surface area contributed by atoms with Crippen LogP contribution < -0.4 is 20.3 Å². The first-order valence-electron chi connectivity index (χ1n) is 14.0. The summed E-state index contributed by atoms with van der Waals surface area (Å²) in [6.45, 7) is -0.832. The second kappa shape index (κ2) is 13.8. The molecule has 1 aliphatic rings. The molecule has 244 valence electrons. The van der Waals surface area contributed by atoms with Crippen molar-refractivity contribution in [1.82, 2.24) is 40.0 Å². The molecule has 5 rings (SSSR count). The second-order valence-electron chi connectivity index (χ2n) is 10.4. The number of aromatic nitrogens is 7. The summed E-state index contributed by atoms with van der Waals surface area (Å²) < 4.78 is 73.4. The van der Waals surface area contributed by atoms with Crippen LogP contribution >= 0.6 is 11.6 Å². The first-order chi connectivity index (χ1) is 21.9. The van der Waals surface area contributed by atoms with Gasteiger partial charge in [0.15, 0.2) is 0 Å². The van der Waals surface area contributed by atoms with Crippen LogP contribution in [0.25, 0.3) is 22.5 Å². The Balaban J connectivity index is 1.32. The Labute approximate surface area is 264 Å². The Bertz CT molecular complexity index is 1650. The van der Waals surface area contributed by atoms with Crippen molar-refractivity contribution in [3.63, 3.8) is 0 Å². The number of pyridine rings is 1. The fraction of sp³-hybridized carbons (Fsp3) is 0.393. The van der Waals surface area contributed by atoms with E-state index in [9.17, 15) is 26.7 Å². The average Bonchev–Trinajstić information content (AvgIpc) is 3.38. The van der Waals surface area contributed by atoms with Crippen molar-refractivity contribution < 1.29 is 31.5 Å². The third-order valence-electron chi connectivity index (χ3n) is 7.26. The Morgan fingerprint density at radius 1 is 1.04 bits per heavy atom. The zero-order valence-corrected chi connectivity index (χ0v) is 25.2. The van der Waals surface area contributed by atoms with Gasteiger partial charge in [-0.1, -0.05) is 11.6 Å². The maximum atomic E-state index is 13.8. The van der Waals surface area contributed by atoms with Crippen LogP contribution in [0.15, 0.2) is 43.1 Å². The van der Waals surface area contributed by atoms with Crippen LogP contribution in [-0.2, 0) is 13.2 Å². The lowest BCUT2D eigenvalue weighted by atomic mass is 9.90. The van der Waals surface area contributed by atoms with Crippen molar-refractivity contribution in [2.24, 2.45) is 7.05 Å². The minimum absolute atomic E-state index is 0.00217. The van der Waals surface area contributed by atoms with E-state index in [1.165, 1.54) is 36.1 Å². The molecular formula is C28H28ClF5N10O2. The molecule has 12 nitrogen and oxygen atoms in total. The highest BCUT2D eigenvalue weighted by Crippen LogP contribution is 2.38. The Hall–Kier alpha value is -4.67. The Morgan fingerprint density at radius 2 is 1.74 bits per heavy atom. The molecule has 18 heteroatoms. The highest BCUT2D eigenvalue weighted by Gasteiger charge is 2.37. The molecule has 0 radical (unpaired) electrons. The minimum Gasteiger partial charge on any atom is -0.467 e. The quantitative estimate of drug-likeness (QED) is 0.218. The van der Waals surface area contributed by atoms with Gasteiger partial charge in [0.05, 0.1) is 18.7 Å². The van der Waals surface area contributed by atoms with Crippen LogP contribution in [0.3, 0.4) is 0 Å². The van der Waals surface area contributed by atoms with Crippen LogP contribution in [0.2, 0.25) is 5.02 Å². The molecule has 4 heterocycles. The summed E-state index contributed by atoms with van der Waals surface area (Å²) in [5.74, 6) is 0.212. The van der Waals surface area contributed by atoms with Crippen molar-refractivity contribution in [3.05, 3.63) is 53.7 Å². The van der Waals surface area contributed by atoms with Crippen molar-refractivity contribution in [3.8, 4) is 28.5 Å². The van der Waals surface area contributed by atoms with Gasteiger partial charge in [-0.05, 0) is 37.8 Å². The maximum absolute atomic E-state index is 13.8.